The minimum atomic E-state index is 0.844. The molecule has 1 heteroatoms. The van der Waals surface area contributed by atoms with E-state index in [0.29, 0.717) is 0 Å². The molecule has 0 amide bonds. The Morgan fingerprint density at radius 1 is 1.36 bits per heavy atom. The van der Waals surface area contributed by atoms with Gasteiger partial charge in [0.05, 0.1) is 11.6 Å². The number of fused-ring (bicyclic) bond motifs is 1. The van der Waals surface area contributed by atoms with Crippen molar-refractivity contribution in [2.24, 2.45) is 0 Å². The van der Waals surface area contributed by atoms with Gasteiger partial charge in [0.15, 0.2) is 0 Å². The van der Waals surface area contributed by atoms with Gasteiger partial charge in [-0.15, -0.1) is 0 Å². The Bertz CT molecular complexity index is 320. The summed E-state index contributed by atoms with van der Waals surface area (Å²) in [6.45, 7) is 0. The summed E-state index contributed by atoms with van der Waals surface area (Å²) in [5.74, 6) is 0. The van der Waals surface area contributed by atoms with Crippen molar-refractivity contribution in [3.8, 4) is 6.07 Å². The molecule has 1 aromatic carbocycles. The molecule has 0 bridgehead atoms. The molecule has 0 aromatic heterocycles. The van der Waals surface area contributed by atoms with Gasteiger partial charge in [-0.05, 0) is 36.5 Å². The standard InChI is InChI=1S/C10H8N/c11-7-9-5-1-3-8-4-2-6-10(8)9/h1,3-5H,2,6H2. The molecule has 0 spiro atoms. The lowest BCUT2D eigenvalue weighted by Gasteiger charge is -1.98. The lowest BCUT2D eigenvalue weighted by atomic mass is 10.0. The molecular weight excluding hydrogens is 134 g/mol. The molecule has 1 nitrogen and oxygen atoms in total. The third-order valence-corrected chi connectivity index (χ3v) is 2.09. The van der Waals surface area contributed by atoms with Crippen molar-refractivity contribution >= 4 is 0 Å². The van der Waals surface area contributed by atoms with Crippen molar-refractivity contribution in [2.45, 2.75) is 12.8 Å². The highest BCUT2D eigenvalue weighted by molar-refractivity contribution is 5.48. The summed E-state index contributed by atoms with van der Waals surface area (Å²) in [6, 6.07) is 8.11. The summed E-state index contributed by atoms with van der Waals surface area (Å²) in [6.07, 6.45) is 4.32. The van der Waals surface area contributed by atoms with E-state index in [1.807, 2.05) is 12.1 Å². The van der Waals surface area contributed by atoms with E-state index in [9.17, 15) is 0 Å². The number of hydrogen-bond acceptors (Lipinski definition) is 1. The van der Waals surface area contributed by atoms with Gasteiger partial charge < -0.3 is 0 Å². The smallest absolute Gasteiger partial charge is 0.0994 e. The van der Waals surface area contributed by atoms with Gasteiger partial charge in [0.2, 0.25) is 0 Å². The first kappa shape index (κ1) is 6.42. The van der Waals surface area contributed by atoms with E-state index in [2.05, 4.69) is 18.6 Å². The molecule has 0 N–H and O–H groups in total. The molecule has 1 radical (unpaired) electrons. The summed E-state index contributed by atoms with van der Waals surface area (Å²) in [5, 5.41) is 8.74. The van der Waals surface area contributed by atoms with Crippen LogP contribution in [0, 0.1) is 17.8 Å². The summed E-state index contributed by atoms with van der Waals surface area (Å²) >= 11 is 0. The Morgan fingerprint density at radius 3 is 3.09 bits per heavy atom. The number of nitrogens with zero attached hydrogens (tertiary/aromatic N) is 1. The van der Waals surface area contributed by atoms with E-state index in [0.717, 1.165) is 18.4 Å². The molecule has 0 fully saturated rings. The monoisotopic (exact) mass is 142 g/mol. The van der Waals surface area contributed by atoms with Crippen molar-refractivity contribution in [3.05, 3.63) is 41.3 Å². The van der Waals surface area contributed by atoms with Gasteiger partial charge >= 0.3 is 0 Å². The quantitative estimate of drug-likeness (QED) is 0.544. The summed E-state index contributed by atoms with van der Waals surface area (Å²) in [7, 11) is 0. The highest BCUT2D eigenvalue weighted by atomic mass is 14.3. The van der Waals surface area contributed by atoms with Crippen LogP contribution in [0.25, 0.3) is 0 Å². The fourth-order valence-corrected chi connectivity index (χ4v) is 1.55. The molecule has 53 valence electrons. The second kappa shape index (κ2) is 2.39. The van der Waals surface area contributed by atoms with Crippen LogP contribution in [-0.4, -0.2) is 0 Å². The van der Waals surface area contributed by atoms with E-state index in [1.54, 1.807) is 0 Å². The van der Waals surface area contributed by atoms with Crippen molar-refractivity contribution in [2.75, 3.05) is 0 Å². The van der Waals surface area contributed by atoms with Crippen LogP contribution in [-0.2, 0) is 6.42 Å². The van der Waals surface area contributed by atoms with Crippen LogP contribution >= 0.6 is 0 Å². The molecule has 0 aliphatic heterocycles. The van der Waals surface area contributed by atoms with Gasteiger partial charge in [-0.3, -0.25) is 0 Å². The maximum atomic E-state index is 8.74. The largest absolute Gasteiger partial charge is 0.192 e. The van der Waals surface area contributed by atoms with E-state index < -0.39 is 0 Å². The predicted molar refractivity (Wildman–Crippen MR) is 42.9 cm³/mol. The van der Waals surface area contributed by atoms with E-state index >= 15 is 0 Å². The maximum Gasteiger partial charge on any atom is 0.0994 e. The fraction of sp³-hybridized carbons (Fsp3) is 0.200. The van der Waals surface area contributed by atoms with Crippen LogP contribution in [0.15, 0.2) is 18.2 Å². The third kappa shape index (κ3) is 0.914. The summed E-state index contributed by atoms with van der Waals surface area (Å²) in [4.78, 5) is 0. The fourth-order valence-electron chi connectivity index (χ4n) is 1.55. The molecule has 2 rings (SSSR count). The summed E-state index contributed by atoms with van der Waals surface area (Å²) < 4.78 is 0. The van der Waals surface area contributed by atoms with Crippen molar-refractivity contribution in [3.63, 3.8) is 0 Å². The Kier molecular flexibility index (Phi) is 1.40. The lowest BCUT2D eigenvalue weighted by molar-refractivity contribution is 1.03. The first-order valence-corrected chi connectivity index (χ1v) is 3.77. The van der Waals surface area contributed by atoms with Crippen LogP contribution in [0.5, 0.6) is 0 Å². The zero-order valence-corrected chi connectivity index (χ0v) is 6.17. The molecule has 0 heterocycles. The highest BCUT2D eigenvalue weighted by Crippen LogP contribution is 2.25. The molecule has 11 heavy (non-hydrogen) atoms. The van der Waals surface area contributed by atoms with Gasteiger partial charge in [-0.2, -0.15) is 5.26 Å². The topological polar surface area (TPSA) is 23.8 Å². The maximum absolute atomic E-state index is 8.74. The zero-order chi connectivity index (χ0) is 7.68. The Balaban J connectivity index is 2.61. The van der Waals surface area contributed by atoms with Crippen molar-refractivity contribution in [1.29, 1.82) is 5.26 Å². The van der Waals surface area contributed by atoms with Crippen molar-refractivity contribution < 1.29 is 0 Å². The number of rotatable bonds is 0. The number of nitriles is 1. The SMILES string of the molecule is N#Cc1cccc2c1CC[CH]2. The number of benzene rings is 1. The van der Waals surface area contributed by atoms with E-state index in [1.165, 1.54) is 11.1 Å². The first-order valence-electron chi connectivity index (χ1n) is 3.77. The average molecular weight is 142 g/mol. The van der Waals surface area contributed by atoms with Gasteiger partial charge in [0.1, 0.15) is 0 Å². The predicted octanol–water partition coefficient (Wildman–Crippen LogP) is 2.06. The van der Waals surface area contributed by atoms with Gasteiger partial charge in [0.25, 0.3) is 0 Å². The Hall–Kier alpha value is -1.29. The minimum Gasteiger partial charge on any atom is -0.192 e. The van der Waals surface area contributed by atoms with Gasteiger partial charge in [0, 0.05) is 0 Å². The molecule has 1 aliphatic rings. The van der Waals surface area contributed by atoms with E-state index in [4.69, 9.17) is 5.26 Å². The Labute approximate surface area is 66.3 Å². The van der Waals surface area contributed by atoms with Crippen molar-refractivity contribution in [1.82, 2.24) is 0 Å². The molecule has 0 saturated heterocycles. The molecule has 0 atom stereocenters. The lowest BCUT2D eigenvalue weighted by Crippen LogP contribution is -1.85. The van der Waals surface area contributed by atoms with Crippen LogP contribution in [0.2, 0.25) is 0 Å². The normalized spacial score (nSPS) is 14.1. The molecule has 0 saturated carbocycles. The molecular formula is C10H8N. The van der Waals surface area contributed by atoms with Crippen LogP contribution in [0.1, 0.15) is 23.1 Å². The first-order chi connectivity index (χ1) is 5.42. The average Bonchev–Trinajstić information content (AvgIpc) is 2.50. The zero-order valence-electron chi connectivity index (χ0n) is 6.17. The van der Waals surface area contributed by atoms with E-state index in [-0.39, 0.29) is 0 Å². The Morgan fingerprint density at radius 2 is 2.27 bits per heavy atom. The molecule has 1 aliphatic carbocycles. The molecule has 0 unspecified atom stereocenters. The minimum absolute atomic E-state index is 0.844. The number of hydrogen-bond donors (Lipinski definition) is 0. The second-order valence-electron chi connectivity index (χ2n) is 2.73. The van der Waals surface area contributed by atoms with Gasteiger partial charge in [-0.25, -0.2) is 0 Å². The molecule has 1 aromatic rings. The van der Waals surface area contributed by atoms with Gasteiger partial charge in [-0.1, -0.05) is 12.1 Å². The summed E-state index contributed by atoms with van der Waals surface area (Å²) in [5.41, 5.74) is 3.33. The second-order valence-corrected chi connectivity index (χ2v) is 2.73. The van der Waals surface area contributed by atoms with Crippen LogP contribution in [0.4, 0.5) is 0 Å². The van der Waals surface area contributed by atoms with Crippen LogP contribution in [0.3, 0.4) is 0 Å². The van der Waals surface area contributed by atoms with Crippen LogP contribution < -0.4 is 0 Å². The third-order valence-electron chi connectivity index (χ3n) is 2.09. The highest BCUT2D eigenvalue weighted by Gasteiger charge is 2.13.